The topological polar surface area (TPSA) is 18.5 Å². The molecule has 1 aromatic rings. The van der Waals surface area contributed by atoms with Crippen LogP contribution in [0.2, 0.25) is 36.3 Å². The van der Waals surface area contributed by atoms with Gasteiger partial charge in [-0.25, -0.2) is 0 Å². The van der Waals surface area contributed by atoms with Crippen molar-refractivity contribution in [1.82, 2.24) is 0 Å². The number of hydrogen-bond donors (Lipinski definition) is 0. The summed E-state index contributed by atoms with van der Waals surface area (Å²) in [6, 6.07) is 10.5. The Kier molecular flexibility index (Phi) is 7.50. The van der Waals surface area contributed by atoms with Crippen LogP contribution in [-0.2, 0) is 8.85 Å². The van der Waals surface area contributed by atoms with Crippen molar-refractivity contribution in [2.45, 2.75) is 103 Å². The predicted molar refractivity (Wildman–Crippen MR) is 137 cm³/mol. The van der Waals surface area contributed by atoms with Gasteiger partial charge in [0.05, 0.1) is 12.2 Å². The van der Waals surface area contributed by atoms with Gasteiger partial charge in [0.1, 0.15) is 0 Å². The summed E-state index contributed by atoms with van der Waals surface area (Å²) in [4.78, 5) is 0. The quantitative estimate of drug-likeness (QED) is 0.426. The third-order valence-electron chi connectivity index (χ3n) is 7.41. The molecular formula is C26H44O2Si2. The number of rotatable bonds is 5. The molecule has 0 spiro atoms. The van der Waals surface area contributed by atoms with Gasteiger partial charge in [0.25, 0.3) is 0 Å². The molecule has 0 heterocycles. The SMILES string of the molecule is C=C1/C(=C\c2ccccc2)CC[C@H](O[Si](C)(C)C(C)(C)C)[C@H]1O[Si](C)(C)C(C)(C)C. The van der Waals surface area contributed by atoms with Gasteiger partial charge in [-0.3, -0.25) is 0 Å². The van der Waals surface area contributed by atoms with E-state index in [9.17, 15) is 0 Å². The van der Waals surface area contributed by atoms with Gasteiger partial charge in [-0.15, -0.1) is 0 Å². The van der Waals surface area contributed by atoms with Crippen LogP contribution >= 0.6 is 0 Å². The first-order valence-electron chi connectivity index (χ1n) is 11.4. The summed E-state index contributed by atoms with van der Waals surface area (Å²) in [7, 11) is -3.88. The first-order chi connectivity index (χ1) is 13.6. The van der Waals surface area contributed by atoms with Crippen molar-refractivity contribution < 1.29 is 8.85 Å². The maximum absolute atomic E-state index is 6.99. The van der Waals surface area contributed by atoms with E-state index in [2.05, 4.69) is 111 Å². The monoisotopic (exact) mass is 444 g/mol. The minimum absolute atomic E-state index is 0.0660. The molecule has 1 aliphatic rings. The van der Waals surface area contributed by atoms with E-state index in [0.29, 0.717) is 0 Å². The molecule has 0 N–H and O–H groups in total. The molecule has 2 atom stereocenters. The molecule has 1 saturated carbocycles. The van der Waals surface area contributed by atoms with Gasteiger partial charge < -0.3 is 8.85 Å². The smallest absolute Gasteiger partial charge is 0.193 e. The van der Waals surface area contributed by atoms with E-state index in [1.807, 2.05) is 0 Å². The fourth-order valence-electron chi connectivity index (χ4n) is 3.25. The predicted octanol–water partition coefficient (Wildman–Crippen LogP) is 8.20. The molecule has 2 nitrogen and oxygen atoms in total. The average Bonchev–Trinajstić information content (AvgIpc) is 2.59. The Bertz CT molecular complexity index is 764. The van der Waals surface area contributed by atoms with Gasteiger partial charge in [-0.05, 0) is 65.8 Å². The maximum atomic E-state index is 6.99. The molecule has 0 saturated heterocycles. The second-order valence-corrected chi connectivity index (χ2v) is 21.4. The molecule has 4 heteroatoms. The van der Waals surface area contributed by atoms with Crippen LogP contribution in [0.15, 0.2) is 48.1 Å². The van der Waals surface area contributed by atoms with Gasteiger partial charge >= 0.3 is 0 Å². The largest absolute Gasteiger partial charge is 0.411 e. The Hall–Kier alpha value is -0.946. The third-order valence-corrected chi connectivity index (χ3v) is 16.4. The molecule has 168 valence electrons. The standard InChI is InChI=1S/C26H44O2Si2/c1-20-22(19-21-15-13-12-14-16-21)17-18-23(27-29(8,9)25(2,3)4)24(20)28-30(10,11)26(5,6)7/h12-16,19,23-24H,1,17-18H2,2-11H3/b22-19-/t23-,24-/m0/s1. The fraction of sp³-hybridized carbons (Fsp3) is 0.615. The van der Waals surface area contributed by atoms with Crippen molar-refractivity contribution in [2.75, 3.05) is 0 Å². The second kappa shape index (κ2) is 8.89. The lowest BCUT2D eigenvalue weighted by Crippen LogP contribution is -2.53. The molecule has 0 radical (unpaired) electrons. The molecule has 0 amide bonds. The molecule has 0 aromatic heterocycles. The van der Waals surface area contributed by atoms with E-state index in [4.69, 9.17) is 8.85 Å². The van der Waals surface area contributed by atoms with Crippen LogP contribution in [0, 0.1) is 0 Å². The molecule has 0 unspecified atom stereocenters. The first kappa shape index (κ1) is 25.3. The molecule has 1 fully saturated rings. The lowest BCUT2D eigenvalue weighted by Gasteiger charge is -2.47. The molecule has 1 aliphatic carbocycles. The Labute approximate surface area is 188 Å². The molecule has 0 aliphatic heterocycles. The van der Waals surface area contributed by atoms with E-state index in [1.165, 1.54) is 11.1 Å². The Morgan fingerprint density at radius 2 is 1.37 bits per heavy atom. The molecule has 30 heavy (non-hydrogen) atoms. The highest BCUT2D eigenvalue weighted by Gasteiger charge is 2.46. The van der Waals surface area contributed by atoms with Gasteiger partial charge in [0.2, 0.25) is 0 Å². The van der Waals surface area contributed by atoms with Crippen LogP contribution in [-0.4, -0.2) is 28.8 Å². The van der Waals surface area contributed by atoms with Gasteiger partial charge in [0.15, 0.2) is 16.6 Å². The first-order valence-corrected chi connectivity index (χ1v) is 17.2. The number of benzene rings is 1. The number of hydrogen-bond acceptors (Lipinski definition) is 2. The van der Waals surface area contributed by atoms with Crippen LogP contribution in [0.1, 0.15) is 59.9 Å². The summed E-state index contributed by atoms with van der Waals surface area (Å²) in [5.74, 6) is 0. The lowest BCUT2D eigenvalue weighted by atomic mass is 9.85. The van der Waals surface area contributed by atoms with Crippen molar-refractivity contribution in [3.05, 3.63) is 53.6 Å². The zero-order valence-electron chi connectivity index (χ0n) is 21.1. The van der Waals surface area contributed by atoms with E-state index in [0.717, 1.165) is 18.4 Å². The summed E-state index contributed by atoms with van der Waals surface area (Å²) >= 11 is 0. The van der Waals surface area contributed by atoms with E-state index in [1.54, 1.807) is 0 Å². The zero-order valence-corrected chi connectivity index (χ0v) is 23.1. The van der Waals surface area contributed by atoms with Gasteiger partial charge in [0, 0.05) is 0 Å². The third kappa shape index (κ3) is 5.84. The van der Waals surface area contributed by atoms with Crippen LogP contribution in [0.25, 0.3) is 6.08 Å². The molecule has 1 aromatic carbocycles. The fourth-order valence-corrected chi connectivity index (χ4v) is 5.88. The summed E-state index contributed by atoms with van der Waals surface area (Å²) in [5.41, 5.74) is 3.64. The van der Waals surface area contributed by atoms with E-state index >= 15 is 0 Å². The minimum Gasteiger partial charge on any atom is -0.411 e. The maximum Gasteiger partial charge on any atom is 0.193 e. The van der Waals surface area contributed by atoms with Crippen LogP contribution in [0.4, 0.5) is 0 Å². The van der Waals surface area contributed by atoms with Crippen LogP contribution in [0.3, 0.4) is 0 Å². The zero-order chi connectivity index (χ0) is 23.0. The van der Waals surface area contributed by atoms with Gasteiger partial charge in [-0.1, -0.05) is 84.5 Å². The summed E-state index contributed by atoms with van der Waals surface area (Å²) in [6.07, 6.45) is 4.28. The van der Waals surface area contributed by atoms with Gasteiger partial charge in [-0.2, -0.15) is 0 Å². The van der Waals surface area contributed by atoms with Crippen molar-refractivity contribution in [2.24, 2.45) is 0 Å². The normalized spacial score (nSPS) is 23.1. The van der Waals surface area contributed by atoms with Crippen molar-refractivity contribution in [3.8, 4) is 0 Å². The van der Waals surface area contributed by atoms with Crippen LogP contribution in [0.5, 0.6) is 0 Å². The highest BCUT2D eigenvalue weighted by atomic mass is 28.4. The second-order valence-electron chi connectivity index (χ2n) is 11.9. The van der Waals surface area contributed by atoms with Crippen molar-refractivity contribution in [3.63, 3.8) is 0 Å². The van der Waals surface area contributed by atoms with Crippen molar-refractivity contribution in [1.29, 1.82) is 0 Å². The van der Waals surface area contributed by atoms with Crippen LogP contribution < -0.4 is 0 Å². The Morgan fingerprint density at radius 3 is 1.87 bits per heavy atom. The highest BCUT2D eigenvalue weighted by molar-refractivity contribution is 6.74. The Morgan fingerprint density at radius 1 is 0.867 bits per heavy atom. The molecular weight excluding hydrogens is 400 g/mol. The molecule has 2 rings (SSSR count). The summed E-state index contributed by atoms with van der Waals surface area (Å²) < 4.78 is 13.9. The van der Waals surface area contributed by atoms with Crippen molar-refractivity contribution >= 4 is 22.7 Å². The summed E-state index contributed by atoms with van der Waals surface area (Å²) in [6.45, 7) is 27.7. The molecule has 0 bridgehead atoms. The van der Waals surface area contributed by atoms with E-state index < -0.39 is 16.6 Å². The average molecular weight is 445 g/mol. The lowest BCUT2D eigenvalue weighted by molar-refractivity contribution is 0.0450. The summed E-state index contributed by atoms with van der Waals surface area (Å²) in [5, 5.41) is 0.325. The Balaban J connectivity index is 2.39. The van der Waals surface area contributed by atoms with E-state index in [-0.39, 0.29) is 22.3 Å². The highest BCUT2D eigenvalue weighted by Crippen LogP contribution is 2.44. The minimum atomic E-state index is -1.97.